The second kappa shape index (κ2) is 9.02. The molecule has 3 rings (SSSR count). The van der Waals surface area contributed by atoms with Crippen molar-refractivity contribution in [3.05, 3.63) is 69.9 Å². The molecule has 0 bridgehead atoms. The van der Waals surface area contributed by atoms with Crippen LogP contribution in [0.4, 0.5) is 4.79 Å². The molecule has 0 atom stereocenters. The summed E-state index contributed by atoms with van der Waals surface area (Å²) in [6, 6.07) is 11.6. The Kier molecular flexibility index (Phi) is 6.46. The standard InChI is InChI=1S/C20H18ClN3O4S/c1-2-10-22(12-15-8-9-16(21)29-15)17(25)13-24-19(27)18(26)23(20(24)28)11-14-6-4-3-5-7-14/h2-9H,1,10-13H2. The molecule has 2 heterocycles. The van der Waals surface area contributed by atoms with Gasteiger partial charge in [-0.2, -0.15) is 0 Å². The summed E-state index contributed by atoms with van der Waals surface area (Å²) in [6.45, 7) is 3.59. The number of thiophene rings is 1. The normalized spacial score (nSPS) is 13.9. The lowest BCUT2D eigenvalue weighted by Gasteiger charge is -2.23. The van der Waals surface area contributed by atoms with Gasteiger partial charge >= 0.3 is 17.8 Å². The lowest BCUT2D eigenvalue weighted by atomic mass is 10.2. The molecule has 0 aliphatic carbocycles. The van der Waals surface area contributed by atoms with E-state index >= 15 is 0 Å². The summed E-state index contributed by atoms with van der Waals surface area (Å²) in [5.74, 6) is -2.41. The third-order valence-electron chi connectivity index (χ3n) is 4.29. The topological polar surface area (TPSA) is 78.0 Å². The molecule has 9 heteroatoms. The minimum Gasteiger partial charge on any atom is -0.332 e. The van der Waals surface area contributed by atoms with Crippen molar-refractivity contribution in [3.8, 4) is 0 Å². The Balaban J connectivity index is 1.70. The maximum Gasteiger partial charge on any atom is 0.335 e. The van der Waals surface area contributed by atoms with E-state index in [0.29, 0.717) is 14.8 Å². The number of imide groups is 2. The van der Waals surface area contributed by atoms with Crippen LogP contribution < -0.4 is 0 Å². The molecule has 1 aromatic heterocycles. The smallest absolute Gasteiger partial charge is 0.332 e. The SMILES string of the molecule is C=CCN(Cc1ccc(Cl)s1)C(=O)CN1C(=O)C(=O)N(Cc2ccccc2)C1=O. The average Bonchev–Trinajstić information content (AvgIpc) is 3.20. The molecular formula is C20H18ClN3O4S. The van der Waals surface area contributed by atoms with Crippen LogP contribution in [-0.2, 0) is 27.5 Å². The fourth-order valence-corrected chi connectivity index (χ4v) is 3.97. The van der Waals surface area contributed by atoms with Gasteiger partial charge in [0, 0.05) is 11.4 Å². The predicted octanol–water partition coefficient (Wildman–Crippen LogP) is 2.91. The van der Waals surface area contributed by atoms with E-state index in [9.17, 15) is 19.2 Å². The maximum absolute atomic E-state index is 12.7. The molecular weight excluding hydrogens is 414 g/mol. The molecule has 1 aliphatic rings. The molecule has 0 radical (unpaired) electrons. The second-order valence-corrected chi connectivity index (χ2v) is 8.12. The number of benzene rings is 1. The summed E-state index contributed by atoms with van der Waals surface area (Å²) in [6.07, 6.45) is 1.55. The minimum atomic E-state index is -1.00. The van der Waals surface area contributed by atoms with Gasteiger partial charge in [-0.3, -0.25) is 19.3 Å². The summed E-state index contributed by atoms with van der Waals surface area (Å²) in [7, 11) is 0. The zero-order chi connectivity index (χ0) is 21.0. The van der Waals surface area contributed by atoms with Crippen molar-refractivity contribution < 1.29 is 19.2 Å². The first-order valence-electron chi connectivity index (χ1n) is 8.75. The van der Waals surface area contributed by atoms with Crippen molar-refractivity contribution in [3.63, 3.8) is 0 Å². The maximum atomic E-state index is 12.7. The van der Waals surface area contributed by atoms with E-state index in [2.05, 4.69) is 6.58 Å². The predicted molar refractivity (Wildman–Crippen MR) is 109 cm³/mol. The molecule has 5 amide bonds. The minimum absolute atomic E-state index is 0.0288. The van der Waals surface area contributed by atoms with Crippen molar-refractivity contribution in [1.82, 2.24) is 14.7 Å². The average molecular weight is 432 g/mol. The molecule has 1 saturated heterocycles. The number of hydrogen-bond donors (Lipinski definition) is 0. The Morgan fingerprint density at radius 3 is 2.38 bits per heavy atom. The van der Waals surface area contributed by atoms with Crippen molar-refractivity contribution >= 4 is 46.7 Å². The molecule has 2 aromatic rings. The summed E-state index contributed by atoms with van der Waals surface area (Å²) in [5.41, 5.74) is 0.707. The van der Waals surface area contributed by atoms with Crippen molar-refractivity contribution in [1.29, 1.82) is 0 Å². The molecule has 7 nitrogen and oxygen atoms in total. The van der Waals surface area contributed by atoms with E-state index in [4.69, 9.17) is 11.6 Å². The lowest BCUT2D eigenvalue weighted by Crippen LogP contribution is -2.43. The highest BCUT2D eigenvalue weighted by Gasteiger charge is 2.45. The van der Waals surface area contributed by atoms with Gasteiger partial charge in [0.05, 0.1) is 17.4 Å². The van der Waals surface area contributed by atoms with Crippen molar-refractivity contribution in [2.75, 3.05) is 13.1 Å². The van der Waals surface area contributed by atoms with Gasteiger partial charge < -0.3 is 4.90 Å². The van der Waals surface area contributed by atoms with Gasteiger partial charge in [0.15, 0.2) is 0 Å². The fourth-order valence-electron chi connectivity index (χ4n) is 2.87. The zero-order valence-corrected chi connectivity index (χ0v) is 17.0. The molecule has 1 aliphatic heterocycles. The first-order valence-corrected chi connectivity index (χ1v) is 9.94. The number of urea groups is 1. The lowest BCUT2D eigenvalue weighted by molar-refractivity contribution is -0.145. The number of nitrogens with zero attached hydrogens (tertiary/aromatic N) is 3. The molecule has 150 valence electrons. The molecule has 0 N–H and O–H groups in total. The quantitative estimate of drug-likeness (QED) is 0.366. The van der Waals surface area contributed by atoms with E-state index in [1.165, 1.54) is 16.2 Å². The molecule has 0 spiro atoms. The Bertz CT molecular complexity index is 960. The summed E-state index contributed by atoms with van der Waals surface area (Å²) >= 11 is 7.26. The molecule has 29 heavy (non-hydrogen) atoms. The van der Waals surface area contributed by atoms with Crippen LogP contribution in [0.15, 0.2) is 55.1 Å². The summed E-state index contributed by atoms with van der Waals surface area (Å²) < 4.78 is 0.595. The van der Waals surface area contributed by atoms with E-state index in [1.54, 1.807) is 42.5 Å². The van der Waals surface area contributed by atoms with Crippen molar-refractivity contribution in [2.24, 2.45) is 0 Å². The Morgan fingerprint density at radius 2 is 1.76 bits per heavy atom. The van der Waals surface area contributed by atoms with Gasteiger partial charge in [0.2, 0.25) is 5.91 Å². The fraction of sp³-hybridized carbons (Fsp3) is 0.200. The van der Waals surface area contributed by atoms with Gasteiger partial charge in [-0.05, 0) is 17.7 Å². The number of carbonyl (C=O) groups excluding carboxylic acids is 4. The van der Waals surface area contributed by atoms with Gasteiger partial charge in [0.25, 0.3) is 0 Å². The van der Waals surface area contributed by atoms with E-state index in [-0.39, 0.29) is 19.6 Å². The van der Waals surface area contributed by atoms with E-state index < -0.39 is 30.3 Å². The van der Waals surface area contributed by atoms with Crippen molar-refractivity contribution in [2.45, 2.75) is 13.1 Å². The van der Waals surface area contributed by atoms with Crippen LogP contribution in [0.3, 0.4) is 0 Å². The van der Waals surface area contributed by atoms with Crippen LogP contribution in [0, 0.1) is 0 Å². The summed E-state index contributed by atoms with van der Waals surface area (Å²) in [4.78, 5) is 53.7. The third-order valence-corrected chi connectivity index (χ3v) is 5.51. The van der Waals surface area contributed by atoms with Crippen LogP contribution in [0.1, 0.15) is 10.4 Å². The Labute approximate surface area is 176 Å². The molecule has 1 fully saturated rings. The van der Waals surface area contributed by atoms with Gasteiger partial charge in [-0.15, -0.1) is 17.9 Å². The number of carbonyl (C=O) groups is 4. The monoisotopic (exact) mass is 431 g/mol. The number of rotatable bonds is 8. The Hall–Kier alpha value is -2.97. The van der Waals surface area contributed by atoms with E-state index in [1.807, 2.05) is 6.07 Å². The molecule has 0 saturated carbocycles. The number of halogens is 1. The van der Waals surface area contributed by atoms with Crippen LogP contribution in [0.5, 0.6) is 0 Å². The van der Waals surface area contributed by atoms with Gasteiger partial charge in [-0.25, -0.2) is 9.69 Å². The number of hydrogen-bond acceptors (Lipinski definition) is 5. The molecule has 1 aromatic carbocycles. The second-order valence-electron chi connectivity index (χ2n) is 6.32. The third kappa shape index (κ3) is 4.72. The summed E-state index contributed by atoms with van der Waals surface area (Å²) in [5, 5.41) is 0. The first-order chi connectivity index (χ1) is 13.9. The van der Waals surface area contributed by atoms with Crippen LogP contribution in [0.25, 0.3) is 0 Å². The highest BCUT2D eigenvalue weighted by Crippen LogP contribution is 2.23. The Morgan fingerprint density at radius 1 is 1.07 bits per heavy atom. The van der Waals surface area contributed by atoms with Gasteiger partial charge in [0.1, 0.15) is 6.54 Å². The van der Waals surface area contributed by atoms with Gasteiger partial charge in [-0.1, -0.05) is 48.0 Å². The zero-order valence-electron chi connectivity index (χ0n) is 15.4. The van der Waals surface area contributed by atoms with Crippen LogP contribution >= 0.6 is 22.9 Å². The van der Waals surface area contributed by atoms with Crippen LogP contribution in [-0.4, -0.2) is 51.5 Å². The highest BCUT2D eigenvalue weighted by atomic mass is 35.5. The first kappa shape index (κ1) is 20.8. The largest absolute Gasteiger partial charge is 0.335 e. The highest BCUT2D eigenvalue weighted by molar-refractivity contribution is 7.16. The molecule has 0 unspecified atom stereocenters. The van der Waals surface area contributed by atoms with Crippen LogP contribution in [0.2, 0.25) is 4.34 Å². The van der Waals surface area contributed by atoms with E-state index in [0.717, 1.165) is 9.78 Å². The number of amides is 5.